The highest BCUT2D eigenvalue weighted by Crippen LogP contribution is 2.29. The Labute approximate surface area is 96.3 Å². The number of rotatable bonds is 3. The molecule has 0 unspecified atom stereocenters. The van der Waals surface area contributed by atoms with Crippen LogP contribution in [0.15, 0.2) is 18.2 Å². The molecule has 86 valence electrons. The number of amides is 1. The van der Waals surface area contributed by atoms with Crippen LogP contribution in [0.2, 0.25) is 5.02 Å². The van der Waals surface area contributed by atoms with Crippen LogP contribution in [-0.4, -0.2) is 17.6 Å². The van der Waals surface area contributed by atoms with Gasteiger partial charge in [0.25, 0.3) is 0 Å². The van der Waals surface area contributed by atoms with Gasteiger partial charge in [-0.15, -0.1) is 0 Å². The minimum atomic E-state index is -0.743. The lowest BCUT2D eigenvalue weighted by Crippen LogP contribution is -2.26. The highest BCUT2D eigenvalue weighted by Gasteiger charge is 2.18. The van der Waals surface area contributed by atoms with Crippen molar-refractivity contribution < 1.29 is 14.5 Å². The van der Waals surface area contributed by atoms with Crippen molar-refractivity contribution in [3.8, 4) is 5.75 Å². The fourth-order valence-electron chi connectivity index (χ4n) is 1.000. The predicted molar refractivity (Wildman–Crippen MR) is 57.8 cm³/mol. The number of benzene rings is 1. The molecule has 0 aliphatic heterocycles. The van der Waals surface area contributed by atoms with Gasteiger partial charge in [-0.3, -0.25) is 10.1 Å². The lowest BCUT2D eigenvalue weighted by atomic mass is 10.3. The van der Waals surface area contributed by atoms with E-state index in [2.05, 4.69) is 5.32 Å². The molecule has 0 fully saturated rings. The van der Waals surface area contributed by atoms with E-state index in [1.165, 1.54) is 12.1 Å². The largest absolute Gasteiger partial charge is 0.412 e. The molecule has 0 spiro atoms. The van der Waals surface area contributed by atoms with Crippen LogP contribution in [0.5, 0.6) is 5.75 Å². The van der Waals surface area contributed by atoms with Crippen molar-refractivity contribution in [2.75, 3.05) is 6.54 Å². The normalized spacial score (nSPS) is 9.62. The molecule has 1 aromatic carbocycles. The minimum Gasteiger partial charge on any atom is -0.403 e. The third kappa shape index (κ3) is 3.09. The summed E-state index contributed by atoms with van der Waals surface area (Å²) >= 11 is 5.60. The second kappa shape index (κ2) is 5.32. The van der Waals surface area contributed by atoms with Crippen LogP contribution in [0.25, 0.3) is 0 Å². The lowest BCUT2D eigenvalue weighted by Gasteiger charge is -2.05. The average Bonchev–Trinajstić information content (AvgIpc) is 2.20. The van der Waals surface area contributed by atoms with Crippen LogP contribution in [0, 0.1) is 10.1 Å². The molecule has 0 heterocycles. The monoisotopic (exact) mass is 244 g/mol. The fraction of sp³-hybridized carbons (Fsp3) is 0.222. The molecule has 0 saturated carbocycles. The first-order valence-electron chi connectivity index (χ1n) is 4.44. The molecule has 6 nitrogen and oxygen atoms in total. The van der Waals surface area contributed by atoms with Gasteiger partial charge < -0.3 is 10.1 Å². The second-order valence-electron chi connectivity index (χ2n) is 2.79. The van der Waals surface area contributed by atoms with E-state index in [1.807, 2.05) is 0 Å². The molecule has 16 heavy (non-hydrogen) atoms. The van der Waals surface area contributed by atoms with E-state index in [9.17, 15) is 14.9 Å². The first-order valence-corrected chi connectivity index (χ1v) is 4.82. The number of halogens is 1. The first kappa shape index (κ1) is 12.3. The number of hydrogen-bond acceptors (Lipinski definition) is 4. The topological polar surface area (TPSA) is 81.5 Å². The number of nitrogens with one attached hydrogen (secondary N) is 1. The fourth-order valence-corrected chi connectivity index (χ4v) is 1.17. The van der Waals surface area contributed by atoms with Crippen molar-refractivity contribution in [2.45, 2.75) is 6.92 Å². The van der Waals surface area contributed by atoms with E-state index in [0.29, 0.717) is 6.54 Å². The van der Waals surface area contributed by atoms with Gasteiger partial charge in [-0.25, -0.2) is 4.79 Å². The van der Waals surface area contributed by atoms with Gasteiger partial charge in [0.1, 0.15) is 0 Å². The summed E-state index contributed by atoms with van der Waals surface area (Å²) in [6.45, 7) is 2.08. The van der Waals surface area contributed by atoms with Gasteiger partial charge in [-0.1, -0.05) is 11.6 Å². The van der Waals surface area contributed by atoms with E-state index in [4.69, 9.17) is 16.3 Å². The summed E-state index contributed by atoms with van der Waals surface area (Å²) in [5.41, 5.74) is -0.348. The molecule has 7 heteroatoms. The molecule has 0 aromatic heterocycles. The molecular weight excluding hydrogens is 236 g/mol. The zero-order valence-electron chi connectivity index (χ0n) is 8.40. The van der Waals surface area contributed by atoms with Crippen LogP contribution in [-0.2, 0) is 0 Å². The number of nitro groups is 1. The van der Waals surface area contributed by atoms with Gasteiger partial charge in [-0.05, 0) is 19.1 Å². The Morgan fingerprint density at radius 2 is 2.31 bits per heavy atom. The number of carbonyl (C=O) groups excluding carboxylic acids is 1. The summed E-state index contributed by atoms with van der Waals surface area (Å²) in [5, 5.41) is 13.2. The molecule has 0 saturated heterocycles. The SMILES string of the molecule is CCNC(=O)Oc1ccc(Cl)cc1[N+](=O)[O-]. The number of ether oxygens (including phenoxy) is 1. The van der Waals surface area contributed by atoms with Crippen molar-refractivity contribution >= 4 is 23.4 Å². The molecule has 0 bridgehead atoms. The zero-order valence-corrected chi connectivity index (χ0v) is 9.15. The maximum atomic E-state index is 11.1. The maximum Gasteiger partial charge on any atom is 0.412 e. The van der Waals surface area contributed by atoms with Gasteiger partial charge in [-0.2, -0.15) is 0 Å². The maximum absolute atomic E-state index is 11.1. The minimum absolute atomic E-state index is 0.139. The highest BCUT2D eigenvalue weighted by atomic mass is 35.5. The summed E-state index contributed by atoms with van der Waals surface area (Å²) in [7, 11) is 0. The van der Waals surface area contributed by atoms with E-state index in [1.54, 1.807) is 6.92 Å². The predicted octanol–water partition coefficient (Wildman–Crippen LogP) is 2.36. The van der Waals surface area contributed by atoms with Crippen LogP contribution in [0.3, 0.4) is 0 Å². The summed E-state index contributed by atoms with van der Waals surface area (Å²) in [6, 6.07) is 3.80. The summed E-state index contributed by atoms with van der Waals surface area (Å²) in [4.78, 5) is 21.1. The standard InChI is InChI=1S/C9H9ClN2O4/c1-2-11-9(13)16-8-4-3-6(10)5-7(8)12(14)15/h3-5H,2H2,1H3,(H,11,13). The molecular formula is C9H9ClN2O4. The summed E-state index contributed by atoms with van der Waals surface area (Å²) < 4.78 is 4.75. The lowest BCUT2D eigenvalue weighted by molar-refractivity contribution is -0.385. The Hall–Kier alpha value is -1.82. The van der Waals surface area contributed by atoms with E-state index < -0.39 is 11.0 Å². The van der Waals surface area contributed by atoms with Gasteiger partial charge in [0, 0.05) is 17.6 Å². The van der Waals surface area contributed by atoms with Gasteiger partial charge in [0.15, 0.2) is 0 Å². The second-order valence-corrected chi connectivity index (χ2v) is 3.23. The van der Waals surface area contributed by atoms with Crippen LogP contribution < -0.4 is 10.1 Å². The molecule has 1 amide bonds. The average molecular weight is 245 g/mol. The molecule has 0 atom stereocenters. The molecule has 1 rings (SSSR count). The third-order valence-electron chi connectivity index (χ3n) is 1.64. The molecule has 0 radical (unpaired) electrons. The molecule has 1 N–H and O–H groups in total. The van der Waals surface area contributed by atoms with Crippen molar-refractivity contribution in [3.05, 3.63) is 33.3 Å². The van der Waals surface area contributed by atoms with Gasteiger partial charge in [0.2, 0.25) is 5.75 Å². The molecule has 0 aliphatic rings. The van der Waals surface area contributed by atoms with E-state index >= 15 is 0 Å². The van der Waals surface area contributed by atoms with Crippen molar-refractivity contribution in [1.82, 2.24) is 5.32 Å². The smallest absolute Gasteiger partial charge is 0.403 e. The quantitative estimate of drug-likeness (QED) is 0.654. The van der Waals surface area contributed by atoms with Gasteiger partial charge >= 0.3 is 11.8 Å². The number of hydrogen-bond donors (Lipinski definition) is 1. The Morgan fingerprint density at radius 3 is 2.88 bits per heavy atom. The molecule has 1 aromatic rings. The summed E-state index contributed by atoms with van der Waals surface area (Å²) in [5.74, 6) is -0.139. The van der Waals surface area contributed by atoms with Crippen LogP contribution >= 0.6 is 11.6 Å². The Bertz CT molecular complexity index is 422. The van der Waals surface area contributed by atoms with E-state index in [0.717, 1.165) is 6.07 Å². The zero-order chi connectivity index (χ0) is 12.1. The number of carbonyl (C=O) groups is 1. The van der Waals surface area contributed by atoms with E-state index in [-0.39, 0.29) is 16.5 Å². The Balaban J connectivity index is 2.95. The first-order chi connectivity index (χ1) is 7.54. The highest BCUT2D eigenvalue weighted by molar-refractivity contribution is 6.30. The Morgan fingerprint density at radius 1 is 1.62 bits per heavy atom. The number of nitrogens with zero attached hydrogens (tertiary/aromatic N) is 1. The van der Waals surface area contributed by atoms with Gasteiger partial charge in [0.05, 0.1) is 4.92 Å². The van der Waals surface area contributed by atoms with Crippen LogP contribution in [0.1, 0.15) is 6.92 Å². The molecule has 0 aliphatic carbocycles. The number of nitro benzene ring substituents is 1. The van der Waals surface area contributed by atoms with Crippen LogP contribution in [0.4, 0.5) is 10.5 Å². The summed E-state index contributed by atoms with van der Waals surface area (Å²) in [6.07, 6.45) is -0.743. The van der Waals surface area contributed by atoms with Crippen molar-refractivity contribution in [3.63, 3.8) is 0 Å². The Kier molecular flexibility index (Phi) is 4.07. The van der Waals surface area contributed by atoms with Crippen molar-refractivity contribution in [1.29, 1.82) is 0 Å². The third-order valence-corrected chi connectivity index (χ3v) is 1.88. The van der Waals surface area contributed by atoms with Crippen molar-refractivity contribution in [2.24, 2.45) is 0 Å².